The summed E-state index contributed by atoms with van der Waals surface area (Å²) in [7, 11) is 1.67. The van der Waals surface area contributed by atoms with E-state index in [1.165, 1.54) is 0 Å². The van der Waals surface area contributed by atoms with E-state index in [0.29, 0.717) is 6.54 Å². The van der Waals surface area contributed by atoms with Crippen LogP contribution in [0.5, 0.6) is 0 Å². The Labute approximate surface area is 90.6 Å². The summed E-state index contributed by atoms with van der Waals surface area (Å²) in [6, 6.07) is 0.281. The third-order valence-electron chi connectivity index (χ3n) is 2.51. The van der Waals surface area contributed by atoms with Gasteiger partial charge in [0.25, 0.3) is 0 Å². The van der Waals surface area contributed by atoms with Crippen LogP contribution < -0.4 is 5.73 Å². The maximum Gasteiger partial charge on any atom is 0.165 e. The largest absolute Gasteiger partial charge is 0.371 e. The molecule has 86 valence electrons. The fourth-order valence-electron chi connectivity index (χ4n) is 1.51. The molecule has 0 aliphatic rings. The van der Waals surface area contributed by atoms with Crippen molar-refractivity contribution in [2.24, 2.45) is 5.73 Å². The monoisotopic (exact) mass is 212 g/mol. The Balaban J connectivity index is 3.24. The van der Waals surface area contributed by atoms with Crippen LogP contribution in [0.3, 0.4) is 0 Å². The van der Waals surface area contributed by atoms with Crippen molar-refractivity contribution in [3.63, 3.8) is 0 Å². The van der Waals surface area contributed by atoms with Crippen molar-refractivity contribution < 1.29 is 4.74 Å². The summed E-state index contributed by atoms with van der Waals surface area (Å²) in [6.07, 6.45) is 0. The lowest BCUT2D eigenvalue weighted by Gasteiger charge is -2.24. The number of ether oxygens (including phenoxy) is 1. The molecule has 5 nitrogen and oxygen atoms in total. The molecule has 0 atom stereocenters. The number of hydrogen-bond donors (Lipinski definition) is 1. The zero-order chi connectivity index (χ0) is 11.6. The lowest BCUT2D eigenvalue weighted by Crippen LogP contribution is -2.26. The molecule has 0 saturated carbocycles. The molecule has 1 heterocycles. The summed E-state index contributed by atoms with van der Waals surface area (Å²) in [4.78, 5) is 0. The maximum atomic E-state index is 5.62. The normalized spacial score (nSPS) is 12.5. The topological polar surface area (TPSA) is 66.0 Å². The summed E-state index contributed by atoms with van der Waals surface area (Å²) in [5.41, 5.74) is 5.18. The predicted octanol–water partition coefficient (Wildman–Crippen LogP) is 1.20. The number of nitrogens with zero attached hydrogens (tertiary/aromatic N) is 3. The van der Waals surface area contributed by atoms with Gasteiger partial charge < -0.3 is 15.0 Å². The van der Waals surface area contributed by atoms with Crippen LogP contribution in [-0.4, -0.2) is 21.9 Å². The van der Waals surface area contributed by atoms with Crippen molar-refractivity contribution in [3.8, 4) is 0 Å². The molecule has 0 bridgehead atoms. The van der Waals surface area contributed by atoms with Gasteiger partial charge in [0.2, 0.25) is 0 Å². The van der Waals surface area contributed by atoms with Crippen molar-refractivity contribution in [1.82, 2.24) is 14.8 Å². The lowest BCUT2D eigenvalue weighted by molar-refractivity contribution is 0.00731. The Kier molecular flexibility index (Phi) is 3.46. The highest BCUT2D eigenvalue weighted by molar-refractivity contribution is 5.05. The fraction of sp³-hybridized carbons (Fsp3) is 0.800. The maximum absolute atomic E-state index is 5.62. The van der Waals surface area contributed by atoms with Gasteiger partial charge in [0, 0.05) is 13.2 Å². The van der Waals surface area contributed by atoms with E-state index in [4.69, 9.17) is 10.5 Å². The van der Waals surface area contributed by atoms with Crippen LogP contribution in [0.1, 0.15) is 45.4 Å². The van der Waals surface area contributed by atoms with E-state index in [9.17, 15) is 0 Å². The summed E-state index contributed by atoms with van der Waals surface area (Å²) >= 11 is 0. The molecule has 0 fully saturated rings. The average Bonchev–Trinajstić information content (AvgIpc) is 2.61. The number of hydrogen-bond acceptors (Lipinski definition) is 4. The van der Waals surface area contributed by atoms with E-state index in [0.717, 1.165) is 11.6 Å². The second-order valence-electron chi connectivity index (χ2n) is 4.32. The first-order chi connectivity index (χ1) is 6.94. The van der Waals surface area contributed by atoms with Crippen LogP contribution in [0.15, 0.2) is 0 Å². The molecule has 0 aromatic carbocycles. The molecule has 2 N–H and O–H groups in total. The minimum atomic E-state index is -0.440. The number of aromatic nitrogens is 3. The first-order valence-corrected chi connectivity index (χ1v) is 5.13. The third-order valence-corrected chi connectivity index (χ3v) is 2.51. The Morgan fingerprint density at radius 3 is 2.40 bits per heavy atom. The van der Waals surface area contributed by atoms with Crippen LogP contribution >= 0.6 is 0 Å². The smallest absolute Gasteiger partial charge is 0.165 e. The van der Waals surface area contributed by atoms with Crippen LogP contribution in [0.4, 0.5) is 0 Å². The molecule has 0 spiro atoms. The van der Waals surface area contributed by atoms with Gasteiger partial charge in [-0.05, 0) is 27.7 Å². The first-order valence-electron chi connectivity index (χ1n) is 5.13. The molecule has 1 rings (SSSR count). The zero-order valence-electron chi connectivity index (χ0n) is 10.1. The fourth-order valence-corrected chi connectivity index (χ4v) is 1.51. The Hall–Kier alpha value is -0.940. The van der Waals surface area contributed by atoms with Crippen LogP contribution in [0.25, 0.3) is 0 Å². The van der Waals surface area contributed by atoms with E-state index < -0.39 is 5.60 Å². The van der Waals surface area contributed by atoms with Gasteiger partial charge in [0.1, 0.15) is 11.4 Å². The second-order valence-corrected chi connectivity index (χ2v) is 4.32. The predicted molar refractivity (Wildman–Crippen MR) is 58.3 cm³/mol. The molecular formula is C10H20N4O. The molecule has 1 aromatic rings. The SMILES string of the molecule is COC(C)(C)c1nnc(CN)n1C(C)C. The molecule has 0 amide bonds. The second kappa shape index (κ2) is 4.28. The number of rotatable bonds is 4. The van der Waals surface area contributed by atoms with Gasteiger partial charge in [-0.2, -0.15) is 0 Å². The molecule has 0 radical (unpaired) electrons. The number of methoxy groups -OCH3 is 1. The van der Waals surface area contributed by atoms with Gasteiger partial charge in [0.15, 0.2) is 5.82 Å². The average molecular weight is 212 g/mol. The van der Waals surface area contributed by atoms with Crippen LogP contribution in [0.2, 0.25) is 0 Å². The Morgan fingerprint density at radius 1 is 1.40 bits per heavy atom. The summed E-state index contributed by atoms with van der Waals surface area (Å²) in [5.74, 6) is 1.62. The van der Waals surface area contributed by atoms with Gasteiger partial charge in [-0.25, -0.2) is 0 Å². The summed E-state index contributed by atoms with van der Waals surface area (Å²) in [6.45, 7) is 8.49. The highest BCUT2D eigenvalue weighted by Gasteiger charge is 2.28. The van der Waals surface area contributed by atoms with Crippen molar-refractivity contribution in [2.45, 2.75) is 45.9 Å². The first kappa shape index (κ1) is 12.1. The van der Waals surface area contributed by atoms with Crippen molar-refractivity contribution in [3.05, 3.63) is 11.6 Å². The van der Waals surface area contributed by atoms with E-state index in [1.807, 2.05) is 18.4 Å². The van der Waals surface area contributed by atoms with Gasteiger partial charge in [0.05, 0.1) is 6.54 Å². The van der Waals surface area contributed by atoms with Crippen molar-refractivity contribution in [1.29, 1.82) is 0 Å². The molecule has 1 aromatic heterocycles. The van der Waals surface area contributed by atoms with Gasteiger partial charge >= 0.3 is 0 Å². The Bertz CT molecular complexity index is 330. The highest BCUT2D eigenvalue weighted by Crippen LogP contribution is 2.25. The standard InChI is InChI=1S/C10H20N4O/c1-7(2)14-8(6-11)12-13-9(14)10(3,4)15-5/h7H,6,11H2,1-5H3. The van der Waals surface area contributed by atoms with Gasteiger partial charge in [-0.1, -0.05) is 0 Å². The molecule has 0 unspecified atom stereocenters. The third kappa shape index (κ3) is 2.18. The summed E-state index contributed by atoms with van der Waals surface area (Å²) in [5, 5.41) is 8.24. The van der Waals surface area contributed by atoms with Gasteiger partial charge in [-0.15, -0.1) is 10.2 Å². The molecule has 5 heteroatoms. The number of nitrogens with two attached hydrogens (primary N) is 1. The Morgan fingerprint density at radius 2 is 2.00 bits per heavy atom. The van der Waals surface area contributed by atoms with E-state index in [-0.39, 0.29) is 6.04 Å². The molecule has 0 saturated heterocycles. The quantitative estimate of drug-likeness (QED) is 0.814. The summed E-state index contributed by atoms with van der Waals surface area (Å²) < 4.78 is 7.44. The molecule has 0 aliphatic carbocycles. The van der Waals surface area contributed by atoms with E-state index in [2.05, 4.69) is 24.0 Å². The lowest BCUT2D eigenvalue weighted by atomic mass is 10.1. The molecular weight excluding hydrogens is 192 g/mol. The van der Waals surface area contributed by atoms with Crippen LogP contribution in [-0.2, 0) is 16.9 Å². The minimum Gasteiger partial charge on any atom is -0.371 e. The van der Waals surface area contributed by atoms with Crippen LogP contribution in [0, 0.1) is 0 Å². The van der Waals surface area contributed by atoms with Crippen molar-refractivity contribution in [2.75, 3.05) is 7.11 Å². The molecule has 0 aliphatic heterocycles. The minimum absolute atomic E-state index is 0.281. The van der Waals surface area contributed by atoms with E-state index in [1.54, 1.807) is 7.11 Å². The highest BCUT2D eigenvalue weighted by atomic mass is 16.5. The van der Waals surface area contributed by atoms with E-state index >= 15 is 0 Å². The molecule has 15 heavy (non-hydrogen) atoms. The zero-order valence-corrected chi connectivity index (χ0v) is 10.1. The van der Waals surface area contributed by atoms with Crippen molar-refractivity contribution >= 4 is 0 Å². The van der Waals surface area contributed by atoms with Gasteiger partial charge in [-0.3, -0.25) is 0 Å².